The van der Waals surface area contributed by atoms with Gasteiger partial charge in [0.2, 0.25) is 17.6 Å². The molecule has 0 unspecified atom stereocenters. The second-order valence-electron chi connectivity index (χ2n) is 9.77. The number of carbonyl (C=O) groups excluding carboxylic acids is 1. The highest BCUT2D eigenvalue weighted by Gasteiger charge is 2.25. The Balaban J connectivity index is 1.68. The summed E-state index contributed by atoms with van der Waals surface area (Å²) in [5.41, 5.74) is 1.58. The molecule has 8 heteroatoms. The third-order valence-electron chi connectivity index (χ3n) is 4.84. The van der Waals surface area contributed by atoms with Crippen molar-refractivity contribution in [2.75, 3.05) is 5.32 Å². The molecule has 0 radical (unpaired) electrons. The van der Waals surface area contributed by atoms with E-state index in [0.29, 0.717) is 28.7 Å². The molecule has 0 fully saturated rings. The quantitative estimate of drug-likeness (QED) is 0.619. The van der Waals surface area contributed by atoms with Gasteiger partial charge in [0.25, 0.3) is 0 Å². The Morgan fingerprint density at radius 2 is 1.87 bits per heavy atom. The van der Waals surface area contributed by atoms with Gasteiger partial charge in [-0.3, -0.25) is 4.79 Å². The molecule has 2 aromatic heterocycles. The van der Waals surface area contributed by atoms with E-state index in [1.54, 1.807) is 19.1 Å². The zero-order valence-electron chi connectivity index (χ0n) is 19.2. The second kappa shape index (κ2) is 8.24. The van der Waals surface area contributed by atoms with Crippen LogP contribution in [0.1, 0.15) is 65.1 Å². The first kappa shape index (κ1) is 22.7. The number of aryl methyl sites for hydroxylation is 2. The fraction of sp³-hybridized carbons (Fsp3) is 0.478. The lowest BCUT2D eigenvalue weighted by Crippen LogP contribution is -2.27. The van der Waals surface area contributed by atoms with Gasteiger partial charge in [-0.1, -0.05) is 38.1 Å². The molecule has 0 bridgehead atoms. The lowest BCUT2D eigenvalue weighted by Gasteiger charge is -2.23. The molecule has 0 aliphatic heterocycles. The summed E-state index contributed by atoms with van der Waals surface area (Å²) in [6, 6.07) is 6.69. The Kier molecular flexibility index (Phi) is 6.02. The summed E-state index contributed by atoms with van der Waals surface area (Å²) >= 11 is 0. The van der Waals surface area contributed by atoms with E-state index in [0.717, 1.165) is 5.69 Å². The van der Waals surface area contributed by atoms with Gasteiger partial charge in [-0.25, -0.2) is 9.07 Å². The maximum atomic E-state index is 13.8. The number of benzene rings is 1. The number of aromatic nitrogens is 4. The molecule has 0 aliphatic carbocycles. The molecular formula is C23H30FN5O2. The van der Waals surface area contributed by atoms with Crippen molar-refractivity contribution < 1.29 is 13.7 Å². The average Bonchev–Trinajstić information content (AvgIpc) is 3.29. The standard InChI is InChI=1S/C23H30FN5O2/c1-14-8-9-15(12-16(14)24)21-26-20(31-28-21)11-10-19(30)25-18-13-17(22(2,3)4)27-29(18)23(5,6)7/h8-9,12-13H,10-11H2,1-7H3,(H,25,30). The molecule has 1 aromatic carbocycles. The van der Waals surface area contributed by atoms with Crippen molar-refractivity contribution in [3.63, 3.8) is 0 Å². The SMILES string of the molecule is Cc1ccc(-c2noc(CCC(=O)Nc3cc(C(C)(C)C)nn3C(C)(C)C)n2)cc1F. The van der Waals surface area contributed by atoms with Crippen LogP contribution in [-0.4, -0.2) is 25.8 Å². The number of hydrogen-bond acceptors (Lipinski definition) is 5. The molecule has 0 spiro atoms. The van der Waals surface area contributed by atoms with Crippen LogP contribution in [0.3, 0.4) is 0 Å². The molecule has 3 aromatic rings. The predicted octanol–water partition coefficient (Wildman–Crippen LogP) is 5.00. The first-order chi connectivity index (χ1) is 14.3. The minimum absolute atomic E-state index is 0.133. The molecule has 1 N–H and O–H groups in total. The number of nitrogens with one attached hydrogen (secondary N) is 1. The third kappa shape index (κ3) is 5.37. The molecule has 31 heavy (non-hydrogen) atoms. The number of amides is 1. The lowest BCUT2D eigenvalue weighted by molar-refractivity contribution is -0.116. The highest BCUT2D eigenvalue weighted by Crippen LogP contribution is 2.28. The van der Waals surface area contributed by atoms with E-state index in [9.17, 15) is 9.18 Å². The van der Waals surface area contributed by atoms with Gasteiger partial charge in [-0.2, -0.15) is 10.1 Å². The summed E-state index contributed by atoms with van der Waals surface area (Å²) < 4.78 is 20.8. The molecular weight excluding hydrogens is 397 g/mol. The molecule has 7 nitrogen and oxygen atoms in total. The van der Waals surface area contributed by atoms with Crippen LogP contribution < -0.4 is 5.32 Å². The van der Waals surface area contributed by atoms with E-state index in [1.165, 1.54) is 6.07 Å². The van der Waals surface area contributed by atoms with Crippen molar-refractivity contribution in [2.45, 2.75) is 72.3 Å². The average molecular weight is 428 g/mol. The van der Waals surface area contributed by atoms with Gasteiger partial charge in [0.15, 0.2) is 0 Å². The molecule has 0 atom stereocenters. The topological polar surface area (TPSA) is 85.8 Å². The van der Waals surface area contributed by atoms with Gasteiger partial charge in [-0.05, 0) is 39.3 Å². The van der Waals surface area contributed by atoms with Gasteiger partial charge in [0.1, 0.15) is 11.6 Å². The second-order valence-corrected chi connectivity index (χ2v) is 9.77. The molecule has 0 saturated carbocycles. The maximum Gasteiger partial charge on any atom is 0.227 e. The van der Waals surface area contributed by atoms with Crippen molar-refractivity contribution >= 4 is 11.7 Å². The Morgan fingerprint density at radius 3 is 2.48 bits per heavy atom. The fourth-order valence-electron chi connectivity index (χ4n) is 2.98. The van der Waals surface area contributed by atoms with Gasteiger partial charge in [0.05, 0.1) is 11.2 Å². The molecule has 1 amide bonds. The predicted molar refractivity (Wildman–Crippen MR) is 117 cm³/mol. The zero-order chi connectivity index (χ0) is 23.0. The van der Waals surface area contributed by atoms with Crippen LogP contribution >= 0.6 is 0 Å². The maximum absolute atomic E-state index is 13.8. The monoisotopic (exact) mass is 427 g/mol. The number of hydrogen-bond donors (Lipinski definition) is 1. The normalized spacial score (nSPS) is 12.3. The summed E-state index contributed by atoms with van der Waals surface area (Å²) in [6.07, 6.45) is 0.451. The number of halogens is 1. The van der Waals surface area contributed by atoms with E-state index in [-0.39, 0.29) is 35.5 Å². The van der Waals surface area contributed by atoms with Crippen LogP contribution in [0, 0.1) is 12.7 Å². The summed E-state index contributed by atoms with van der Waals surface area (Å²) in [7, 11) is 0. The molecule has 0 saturated heterocycles. The minimum Gasteiger partial charge on any atom is -0.339 e. The van der Waals surface area contributed by atoms with Crippen molar-refractivity contribution in [1.82, 2.24) is 19.9 Å². The van der Waals surface area contributed by atoms with Crippen LogP contribution in [0.4, 0.5) is 10.2 Å². The summed E-state index contributed by atoms with van der Waals surface area (Å²) in [5, 5.41) is 11.6. The van der Waals surface area contributed by atoms with E-state index in [1.807, 2.05) is 31.5 Å². The largest absolute Gasteiger partial charge is 0.339 e. The number of carbonyl (C=O) groups is 1. The van der Waals surface area contributed by atoms with E-state index >= 15 is 0 Å². The van der Waals surface area contributed by atoms with Gasteiger partial charge >= 0.3 is 0 Å². The number of rotatable bonds is 5. The van der Waals surface area contributed by atoms with Crippen molar-refractivity contribution in [1.29, 1.82) is 0 Å². The smallest absolute Gasteiger partial charge is 0.227 e. The number of anilines is 1. The van der Waals surface area contributed by atoms with Crippen LogP contribution in [-0.2, 0) is 22.2 Å². The van der Waals surface area contributed by atoms with Gasteiger partial charge < -0.3 is 9.84 Å². The first-order valence-electron chi connectivity index (χ1n) is 10.3. The molecule has 166 valence electrons. The lowest BCUT2D eigenvalue weighted by atomic mass is 9.92. The molecule has 3 rings (SSSR count). The van der Waals surface area contributed by atoms with Crippen LogP contribution in [0.2, 0.25) is 0 Å². The Labute approximate surface area is 182 Å². The Hall–Kier alpha value is -3.03. The minimum atomic E-state index is -0.326. The number of nitrogens with zero attached hydrogens (tertiary/aromatic N) is 4. The highest BCUT2D eigenvalue weighted by molar-refractivity contribution is 5.90. The first-order valence-corrected chi connectivity index (χ1v) is 10.3. The van der Waals surface area contributed by atoms with Crippen molar-refractivity contribution in [2.24, 2.45) is 0 Å². The van der Waals surface area contributed by atoms with E-state index in [4.69, 9.17) is 9.62 Å². The van der Waals surface area contributed by atoms with E-state index in [2.05, 4.69) is 36.2 Å². The van der Waals surface area contributed by atoms with E-state index < -0.39 is 0 Å². The summed E-state index contributed by atoms with van der Waals surface area (Å²) in [4.78, 5) is 16.9. The van der Waals surface area contributed by atoms with Crippen molar-refractivity contribution in [3.8, 4) is 11.4 Å². The third-order valence-corrected chi connectivity index (χ3v) is 4.84. The zero-order valence-corrected chi connectivity index (χ0v) is 19.2. The van der Waals surface area contributed by atoms with Crippen LogP contribution in [0.25, 0.3) is 11.4 Å². The Morgan fingerprint density at radius 1 is 1.16 bits per heavy atom. The van der Waals surface area contributed by atoms with Crippen LogP contribution in [0.15, 0.2) is 28.8 Å². The van der Waals surface area contributed by atoms with Crippen molar-refractivity contribution in [3.05, 3.63) is 47.2 Å². The fourth-order valence-corrected chi connectivity index (χ4v) is 2.98. The van der Waals surface area contributed by atoms with Crippen LogP contribution in [0.5, 0.6) is 0 Å². The molecule has 0 aliphatic rings. The highest BCUT2D eigenvalue weighted by atomic mass is 19.1. The Bertz CT molecular complexity index is 1090. The summed E-state index contributed by atoms with van der Waals surface area (Å²) in [5.74, 6) is 0.782. The summed E-state index contributed by atoms with van der Waals surface area (Å²) in [6.45, 7) is 14.1. The van der Waals surface area contributed by atoms with Gasteiger partial charge in [-0.15, -0.1) is 0 Å². The van der Waals surface area contributed by atoms with Gasteiger partial charge in [0, 0.05) is 29.9 Å². The molecule has 2 heterocycles.